The van der Waals surface area contributed by atoms with Gasteiger partial charge in [0.2, 0.25) is 0 Å². The largest absolute Gasteiger partial charge is 0.311 e. The van der Waals surface area contributed by atoms with Gasteiger partial charge in [0.25, 0.3) is 0 Å². The Morgan fingerprint density at radius 3 is 2.04 bits per heavy atom. The summed E-state index contributed by atoms with van der Waals surface area (Å²) in [7, 11) is 0. The Morgan fingerprint density at radius 2 is 1.34 bits per heavy atom. The van der Waals surface area contributed by atoms with E-state index in [1.165, 1.54) is 55.9 Å². The highest BCUT2D eigenvalue weighted by atomic mass is 15.2. The number of allylic oxidation sites excluding steroid dienone is 4. The Hall–Kier alpha value is -5.34. The van der Waals surface area contributed by atoms with Gasteiger partial charge >= 0.3 is 0 Å². The highest BCUT2D eigenvalue weighted by molar-refractivity contribution is 6.04. The number of nitrogens with zero attached hydrogens (tertiary/aromatic N) is 2. The Morgan fingerprint density at radius 1 is 0.702 bits per heavy atom. The lowest BCUT2D eigenvalue weighted by Gasteiger charge is -2.36. The number of fused-ring (bicyclic) bond motifs is 6. The highest BCUT2D eigenvalue weighted by Crippen LogP contribution is 2.51. The van der Waals surface area contributed by atoms with Crippen molar-refractivity contribution >= 4 is 28.4 Å². The van der Waals surface area contributed by atoms with Crippen LogP contribution in [0.1, 0.15) is 56.9 Å². The van der Waals surface area contributed by atoms with Gasteiger partial charge in [0.05, 0.1) is 11.4 Å². The molecule has 0 atom stereocenters. The molecule has 0 radical (unpaired) electrons. The van der Waals surface area contributed by atoms with Gasteiger partial charge < -0.3 is 9.80 Å². The van der Waals surface area contributed by atoms with Crippen molar-refractivity contribution in [3.05, 3.63) is 175 Å². The van der Waals surface area contributed by atoms with Crippen LogP contribution in [0.3, 0.4) is 0 Å². The summed E-state index contributed by atoms with van der Waals surface area (Å²) < 4.78 is 0. The molecule has 0 saturated carbocycles. The summed E-state index contributed by atoms with van der Waals surface area (Å²) in [5.41, 5.74) is 17.0. The molecule has 1 aliphatic heterocycles. The average molecular weight is 613 g/mol. The van der Waals surface area contributed by atoms with E-state index in [0.29, 0.717) is 0 Å². The van der Waals surface area contributed by atoms with E-state index in [-0.39, 0.29) is 5.41 Å². The molecule has 0 N–H and O–H groups in total. The highest BCUT2D eigenvalue weighted by Gasteiger charge is 2.36. The van der Waals surface area contributed by atoms with Crippen molar-refractivity contribution in [1.82, 2.24) is 0 Å². The quantitative estimate of drug-likeness (QED) is 0.176. The molecule has 0 unspecified atom stereocenters. The molecule has 1 heterocycles. The molecule has 2 heteroatoms. The molecule has 0 bridgehead atoms. The molecule has 0 saturated heterocycles. The number of aryl methyl sites for hydroxylation is 1. The van der Waals surface area contributed by atoms with E-state index < -0.39 is 0 Å². The zero-order valence-electron chi connectivity index (χ0n) is 28.5. The first kappa shape index (κ1) is 31.6. The molecule has 1 aliphatic carbocycles. The van der Waals surface area contributed by atoms with Gasteiger partial charge in [-0.1, -0.05) is 120 Å². The summed E-state index contributed by atoms with van der Waals surface area (Å²) >= 11 is 0. The molecular weight excluding hydrogens is 569 g/mol. The first-order chi connectivity index (χ1) is 22.9. The molecule has 0 amide bonds. The zero-order valence-corrected chi connectivity index (χ0v) is 28.5. The number of benzene rings is 5. The number of para-hydroxylation sites is 1. The van der Waals surface area contributed by atoms with E-state index in [9.17, 15) is 0 Å². The summed E-state index contributed by atoms with van der Waals surface area (Å²) in [6, 6.07) is 39.8. The van der Waals surface area contributed by atoms with Crippen molar-refractivity contribution in [3.8, 4) is 22.3 Å². The Balaban J connectivity index is 0.00000190. The third kappa shape index (κ3) is 5.15. The number of anilines is 4. The lowest BCUT2D eigenvalue weighted by atomic mass is 9.82. The van der Waals surface area contributed by atoms with Crippen molar-refractivity contribution < 1.29 is 0 Å². The smallest absolute Gasteiger partial charge is 0.0540 e. The first-order valence-corrected chi connectivity index (χ1v) is 16.6. The number of hydrogen-bond acceptors (Lipinski definition) is 2. The van der Waals surface area contributed by atoms with Gasteiger partial charge in [0.1, 0.15) is 0 Å². The minimum atomic E-state index is -0.0904. The van der Waals surface area contributed by atoms with Gasteiger partial charge in [-0.2, -0.15) is 0 Å². The van der Waals surface area contributed by atoms with Crippen LogP contribution in [0.5, 0.6) is 0 Å². The molecule has 0 fully saturated rings. The van der Waals surface area contributed by atoms with Crippen molar-refractivity contribution in [2.45, 2.75) is 47.0 Å². The van der Waals surface area contributed by atoms with Crippen LogP contribution >= 0.6 is 0 Å². The third-order valence-corrected chi connectivity index (χ3v) is 9.43. The van der Waals surface area contributed by atoms with E-state index in [4.69, 9.17) is 0 Å². The molecule has 5 aromatic rings. The maximum atomic E-state index is 4.18. The minimum Gasteiger partial charge on any atom is -0.311 e. The van der Waals surface area contributed by atoms with Crippen LogP contribution in [0.25, 0.3) is 28.0 Å². The van der Waals surface area contributed by atoms with Crippen molar-refractivity contribution in [1.29, 1.82) is 0 Å². The standard InChI is InChI=1S/C43H38N2.C2H6/c1-7-15-30(8-2)44(33-26-27-35-34-17-10-12-20-38(34)43(5,6)39(35)28-33)31-22-24-32(25-23-31)45-40(9-3)42-29(4)16-14-19-37(42)36-18-11-13-21-41(36)45;1-2/h7-28H,1-2H2,3-6H3;1-2H3/b30-15+,40-9+;. The van der Waals surface area contributed by atoms with Crippen molar-refractivity contribution in [2.24, 2.45) is 0 Å². The SMILES string of the molecule is C=C/C=C(\C=C)N(c1ccc(N2/C(=C/C)c3c(C)cccc3-c3ccccc32)cc1)c1ccc2c(c1)C(C)(C)c1ccccc1-2.CC. The summed E-state index contributed by atoms with van der Waals surface area (Å²) in [5, 5.41) is 0. The molecule has 2 nitrogen and oxygen atoms in total. The maximum Gasteiger partial charge on any atom is 0.0540 e. The van der Waals surface area contributed by atoms with Crippen LogP contribution in [0.2, 0.25) is 0 Å². The first-order valence-electron chi connectivity index (χ1n) is 16.6. The van der Waals surface area contributed by atoms with Crippen LogP contribution in [0.4, 0.5) is 22.7 Å². The molecule has 5 aromatic carbocycles. The zero-order chi connectivity index (χ0) is 33.3. The second kappa shape index (κ2) is 12.8. The molecule has 2 aliphatic rings. The predicted octanol–water partition coefficient (Wildman–Crippen LogP) is 12.9. The molecule has 47 heavy (non-hydrogen) atoms. The lowest BCUT2D eigenvalue weighted by molar-refractivity contribution is 0.660. The molecule has 7 rings (SSSR count). The maximum absolute atomic E-state index is 4.18. The summed E-state index contributed by atoms with van der Waals surface area (Å²) in [5.74, 6) is 0. The monoisotopic (exact) mass is 612 g/mol. The summed E-state index contributed by atoms with van der Waals surface area (Å²) in [4.78, 5) is 4.67. The van der Waals surface area contributed by atoms with Gasteiger partial charge in [0.15, 0.2) is 0 Å². The number of hydrogen-bond donors (Lipinski definition) is 0. The molecule has 234 valence electrons. The van der Waals surface area contributed by atoms with E-state index in [1.807, 2.05) is 32.1 Å². The van der Waals surface area contributed by atoms with Crippen LogP contribution < -0.4 is 9.80 Å². The molecule has 0 aromatic heterocycles. The fourth-order valence-electron chi connectivity index (χ4n) is 7.31. The second-order valence-electron chi connectivity index (χ2n) is 12.3. The predicted molar refractivity (Wildman–Crippen MR) is 205 cm³/mol. The van der Waals surface area contributed by atoms with E-state index in [1.54, 1.807) is 0 Å². The van der Waals surface area contributed by atoms with Crippen LogP contribution in [0.15, 0.2) is 152 Å². The van der Waals surface area contributed by atoms with E-state index >= 15 is 0 Å². The normalized spacial score (nSPS) is 14.6. The number of rotatable bonds is 6. The summed E-state index contributed by atoms with van der Waals surface area (Å²) in [6.07, 6.45) is 7.98. The van der Waals surface area contributed by atoms with E-state index in [0.717, 1.165) is 22.8 Å². The van der Waals surface area contributed by atoms with Crippen LogP contribution in [-0.2, 0) is 5.41 Å². The Bertz CT molecular complexity index is 2040. The van der Waals surface area contributed by atoms with Crippen molar-refractivity contribution in [3.63, 3.8) is 0 Å². The lowest BCUT2D eigenvalue weighted by Crippen LogP contribution is -2.21. The van der Waals surface area contributed by atoms with Gasteiger partial charge in [-0.05, 0) is 102 Å². The Labute approximate surface area is 281 Å². The third-order valence-electron chi connectivity index (χ3n) is 9.43. The van der Waals surface area contributed by atoms with Crippen LogP contribution in [-0.4, -0.2) is 0 Å². The fraction of sp³-hybridized carbons (Fsp3) is 0.156. The van der Waals surface area contributed by atoms with Gasteiger partial charge in [-0.25, -0.2) is 0 Å². The van der Waals surface area contributed by atoms with Gasteiger partial charge in [-0.3, -0.25) is 0 Å². The average Bonchev–Trinajstić information content (AvgIpc) is 3.34. The van der Waals surface area contributed by atoms with Gasteiger partial charge in [-0.15, -0.1) is 0 Å². The molecule has 0 spiro atoms. The second-order valence-corrected chi connectivity index (χ2v) is 12.3. The molecular formula is C45H44N2. The Kier molecular flexibility index (Phi) is 8.62. The van der Waals surface area contributed by atoms with Crippen molar-refractivity contribution in [2.75, 3.05) is 9.80 Å². The topological polar surface area (TPSA) is 6.48 Å². The van der Waals surface area contributed by atoms with Crippen LogP contribution in [0, 0.1) is 6.92 Å². The fourth-order valence-corrected chi connectivity index (χ4v) is 7.31. The summed E-state index contributed by atoms with van der Waals surface area (Å²) in [6.45, 7) is 21.2. The van der Waals surface area contributed by atoms with E-state index in [2.05, 4.69) is 166 Å². The minimum absolute atomic E-state index is 0.0904. The van der Waals surface area contributed by atoms with Gasteiger partial charge in [0, 0.05) is 39.3 Å².